The van der Waals surface area contributed by atoms with Gasteiger partial charge in [-0.25, -0.2) is 0 Å². The van der Waals surface area contributed by atoms with E-state index in [0.717, 1.165) is 32.5 Å². The molecule has 1 heterocycles. The highest BCUT2D eigenvalue weighted by Gasteiger charge is 2.39. The molecule has 0 aliphatic carbocycles. The monoisotopic (exact) mass is 269 g/mol. The van der Waals surface area contributed by atoms with Crippen LogP contribution in [0.15, 0.2) is 0 Å². The third kappa shape index (κ3) is 4.18. The van der Waals surface area contributed by atoms with E-state index >= 15 is 0 Å². The Hall–Kier alpha value is -0.610. The molecule has 2 atom stereocenters. The molecule has 0 bridgehead atoms. The minimum absolute atomic E-state index is 0.0363. The second kappa shape index (κ2) is 6.71. The second-order valence-corrected chi connectivity index (χ2v) is 6.71. The van der Waals surface area contributed by atoms with Gasteiger partial charge < -0.3 is 15.1 Å². The highest BCUT2D eigenvalue weighted by atomic mass is 16.2. The lowest BCUT2D eigenvalue weighted by Gasteiger charge is -2.42. The number of amides is 1. The molecule has 112 valence electrons. The zero-order chi connectivity index (χ0) is 14.6. The van der Waals surface area contributed by atoms with Crippen LogP contribution >= 0.6 is 0 Å². The van der Waals surface area contributed by atoms with Crippen LogP contribution in [0.3, 0.4) is 0 Å². The van der Waals surface area contributed by atoms with Crippen LogP contribution in [0, 0.1) is 5.41 Å². The molecule has 0 spiro atoms. The fourth-order valence-corrected chi connectivity index (χ4v) is 3.11. The summed E-state index contributed by atoms with van der Waals surface area (Å²) < 4.78 is 0. The number of carbonyl (C=O) groups is 1. The maximum absolute atomic E-state index is 12.8. The Morgan fingerprint density at radius 3 is 2.53 bits per heavy atom. The molecule has 1 saturated heterocycles. The third-order valence-corrected chi connectivity index (χ3v) is 4.16. The molecule has 1 amide bonds. The lowest BCUT2D eigenvalue weighted by atomic mass is 9.77. The van der Waals surface area contributed by atoms with Gasteiger partial charge in [-0.1, -0.05) is 13.8 Å². The zero-order valence-corrected chi connectivity index (χ0v) is 13.5. The number of carbonyl (C=O) groups excluding carboxylic acids is 1. The molecule has 4 nitrogen and oxygen atoms in total. The van der Waals surface area contributed by atoms with E-state index in [9.17, 15) is 4.79 Å². The van der Waals surface area contributed by atoms with Crippen molar-refractivity contribution in [3.63, 3.8) is 0 Å². The summed E-state index contributed by atoms with van der Waals surface area (Å²) in [5.74, 6) is 0.265. The molecule has 1 aliphatic rings. The Balaban J connectivity index is 2.77. The molecule has 1 fully saturated rings. The molecular formula is C15H31N3O. The van der Waals surface area contributed by atoms with Gasteiger partial charge in [-0.05, 0) is 52.7 Å². The zero-order valence-electron chi connectivity index (χ0n) is 13.5. The Morgan fingerprint density at radius 2 is 2.05 bits per heavy atom. The minimum atomic E-state index is -0.0363. The third-order valence-electron chi connectivity index (χ3n) is 4.16. The first-order valence-corrected chi connectivity index (χ1v) is 7.48. The SMILES string of the molecule is CCN(C(=O)C1NCCCC1(C)C)C(C)CN(C)C. The van der Waals surface area contributed by atoms with Crippen molar-refractivity contribution in [1.82, 2.24) is 15.1 Å². The Morgan fingerprint density at radius 1 is 1.42 bits per heavy atom. The van der Waals surface area contributed by atoms with Gasteiger partial charge in [-0.15, -0.1) is 0 Å². The average molecular weight is 269 g/mol. The van der Waals surface area contributed by atoms with E-state index in [1.54, 1.807) is 0 Å². The molecule has 0 aromatic rings. The minimum Gasteiger partial charge on any atom is -0.338 e. The predicted octanol–water partition coefficient (Wildman–Crippen LogP) is 1.56. The Bertz CT molecular complexity index is 302. The van der Waals surface area contributed by atoms with E-state index in [0.29, 0.717) is 0 Å². The van der Waals surface area contributed by atoms with Crippen molar-refractivity contribution in [2.24, 2.45) is 5.41 Å². The Labute approximate surface area is 118 Å². The van der Waals surface area contributed by atoms with Crippen LogP contribution in [0.2, 0.25) is 0 Å². The smallest absolute Gasteiger partial charge is 0.240 e. The van der Waals surface area contributed by atoms with Crippen molar-refractivity contribution < 1.29 is 4.79 Å². The highest BCUT2D eigenvalue weighted by Crippen LogP contribution is 2.31. The van der Waals surface area contributed by atoms with E-state index in [-0.39, 0.29) is 23.4 Å². The molecule has 0 radical (unpaired) electrons. The second-order valence-electron chi connectivity index (χ2n) is 6.71. The van der Waals surface area contributed by atoms with Gasteiger partial charge in [-0.2, -0.15) is 0 Å². The van der Waals surface area contributed by atoms with Crippen molar-refractivity contribution >= 4 is 5.91 Å². The molecule has 2 unspecified atom stereocenters. The van der Waals surface area contributed by atoms with Crippen LogP contribution in [0.4, 0.5) is 0 Å². The van der Waals surface area contributed by atoms with E-state index < -0.39 is 0 Å². The lowest BCUT2D eigenvalue weighted by molar-refractivity contribution is -0.139. The summed E-state index contributed by atoms with van der Waals surface area (Å²) in [5.41, 5.74) is 0.0561. The average Bonchev–Trinajstić information content (AvgIpc) is 2.27. The van der Waals surface area contributed by atoms with Crippen molar-refractivity contribution in [3.8, 4) is 0 Å². The number of hydrogen-bond donors (Lipinski definition) is 1. The summed E-state index contributed by atoms with van der Waals surface area (Å²) >= 11 is 0. The molecule has 1 aliphatic heterocycles. The predicted molar refractivity (Wildman–Crippen MR) is 80.2 cm³/mol. The van der Waals surface area contributed by atoms with Gasteiger partial charge in [-0.3, -0.25) is 4.79 Å². The fraction of sp³-hybridized carbons (Fsp3) is 0.933. The van der Waals surface area contributed by atoms with Crippen LogP contribution in [0.25, 0.3) is 0 Å². The molecule has 1 N–H and O–H groups in total. The van der Waals surface area contributed by atoms with Crippen molar-refractivity contribution in [2.75, 3.05) is 33.7 Å². The summed E-state index contributed by atoms with van der Waals surface area (Å²) in [6, 6.07) is 0.220. The first-order valence-electron chi connectivity index (χ1n) is 7.48. The number of likely N-dealkylation sites (N-methyl/N-ethyl adjacent to an activating group) is 2. The lowest BCUT2D eigenvalue weighted by Crippen LogP contribution is -2.58. The van der Waals surface area contributed by atoms with Gasteiger partial charge in [0, 0.05) is 19.1 Å². The molecule has 1 rings (SSSR count). The van der Waals surface area contributed by atoms with Crippen LogP contribution in [-0.4, -0.2) is 61.5 Å². The summed E-state index contributed by atoms with van der Waals surface area (Å²) in [4.78, 5) is 17.0. The number of nitrogens with zero attached hydrogens (tertiary/aromatic N) is 2. The first kappa shape index (κ1) is 16.4. The quantitative estimate of drug-likeness (QED) is 0.823. The summed E-state index contributed by atoms with van der Waals surface area (Å²) in [5, 5.41) is 3.43. The molecule has 0 aromatic heterocycles. The maximum atomic E-state index is 12.8. The maximum Gasteiger partial charge on any atom is 0.240 e. The molecular weight excluding hydrogens is 238 g/mol. The van der Waals surface area contributed by atoms with Gasteiger partial charge in [0.05, 0.1) is 6.04 Å². The summed E-state index contributed by atoms with van der Waals surface area (Å²) in [7, 11) is 4.11. The van der Waals surface area contributed by atoms with Crippen molar-refractivity contribution in [3.05, 3.63) is 0 Å². The van der Waals surface area contributed by atoms with E-state index in [2.05, 4.69) is 52.0 Å². The molecule has 19 heavy (non-hydrogen) atoms. The van der Waals surface area contributed by atoms with Gasteiger partial charge in [0.25, 0.3) is 0 Å². The summed E-state index contributed by atoms with van der Waals surface area (Å²) in [6.07, 6.45) is 2.28. The van der Waals surface area contributed by atoms with Gasteiger partial charge in [0.1, 0.15) is 0 Å². The van der Waals surface area contributed by atoms with Crippen LogP contribution in [-0.2, 0) is 4.79 Å². The van der Waals surface area contributed by atoms with Crippen LogP contribution in [0.1, 0.15) is 40.5 Å². The number of hydrogen-bond acceptors (Lipinski definition) is 3. The van der Waals surface area contributed by atoms with Gasteiger partial charge in [0.2, 0.25) is 5.91 Å². The number of nitrogens with one attached hydrogen (secondary N) is 1. The van der Waals surface area contributed by atoms with E-state index in [1.807, 2.05) is 4.90 Å². The van der Waals surface area contributed by atoms with Gasteiger partial charge >= 0.3 is 0 Å². The number of rotatable bonds is 5. The standard InChI is InChI=1S/C15H31N3O/c1-7-18(12(2)11-17(5)6)14(19)13-15(3,4)9-8-10-16-13/h12-13,16H,7-11H2,1-6H3. The number of piperidine rings is 1. The van der Waals surface area contributed by atoms with Crippen LogP contribution in [0.5, 0.6) is 0 Å². The van der Waals surface area contributed by atoms with E-state index in [1.165, 1.54) is 0 Å². The molecule has 0 saturated carbocycles. The normalized spacial score (nSPS) is 24.3. The Kier molecular flexibility index (Phi) is 5.81. The van der Waals surface area contributed by atoms with Crippen LogP contribution < -0.4 is 5.32 Å². The molecule has 4 heteroatoms. The first-order chi connectivity index (χ1) is 8.79. The molecule has 0 aromatic carbocycles. The van der Waals surface area contributed by atoms with Crippen molar-refractivity contribution in [1.29, 1.82) is 0 Å². The topological polar surface area (TPSA) is 35.6 Å². The highest BCUT2D eigenvalue weighted by molar-refractivity contribution is 5.83. The summed E-state index contributed by atoms with van der Waals surface area (Å²) in [6.45, 7) is 11.3. The van der Waals surface area contributed by atoms with Crippen molar-refractivity contribution in [2.45, 2.75) is 52.6 Å². The largest absolute Gasteiger partial charge is 0.338 e. The van der Waals surface area contributed by atoms with E-state index in [4.69, 9.17) is 0 Å². The fourth-order valence-electron chi connectivity index (χ4n) is 3.11. The van der Waals surface area contributed by atoms with Gasteiger partial charge in [0.15, 0.2) is 0 Å².